The van der Waals surface area contributed by atoms with Crippen LogP contribution < -0.4 is 20.3 Å². The molecule has 2 fully saturated rings. The number of hydrogen-bond donors (Lipinski definition) is 3. The van der Waals surface area contributed by atoms with Gasteiger partial charge in [-0.3, -0.25) is 4.90 Å². The maximum Gasteiger partial charge on any atom is 0.202 e. The molecule has 9 nitrogen and oxygen atoms in total. The van der Waals surface area contributed by atoms with E-state index in [0.717, 1.165) is 73.3 Å². The Morgan fingerprint density at radius 1 is 1.07 bits per heavy atom. The van der Waals surface area contributed by atoms with E-state index in [1.165, 1.54) is 17.7 Å². The number of rotatable bonds is 7. The van der Waals surface area contributed by atoms with Gasteiger partial charge >= 0.3 is 0 Å². The summed E-state index contributed by atoms with van der Waals surface area (Å²) >= 11 is 1.57. The van der Waals surface area contributed by atoms with Gasteiger partial charge in [0.1, 0.15) is 17.9 Å². The van der Waals surface area contributed by atoms with Crippen molar-refractivity contribution >= 4 is 28.5 Å². The van der Waals surface area contributed by atoms with E-state index >= 15 is 0 Å². The van der Waals surface area contributed by atoms with Crippen LogP contribution in [0.5, 0.6) is 11.5 Å². The van der Waals surface area contributed by atoms with Gasteiger partial charge in [0.15, 0.2) is 11.6 Å². The number of halogens is 1. The van der Waals surface area contributed by atoms with Crippen LogP contribution in [-0.4, -0.2) is 57.5 Å². The van der Waals surface area contributed by atoms with E-state index in [1.807, 2.05) is 6.07 Å². The highest BCUT2D eigenvalue weighted by molar-refractivity contribution is 7.10. The molecule has 5 heterocycles. The number of likely N-dealkylation sites (tertiary alicyclic amines) is 1. The number of hydrogen-bond acceptors (Lipinski definition) is 10. The maximum atomic E-state index is 14.4. The fourth-order valence-electron chi connectivity index (χ4n) is 6.52. The lowest BCUT2D eigenvalue weighted by Crippen LogP contribution is -2.31. The summed E-state index contributed by atoms with van der Waals surface area (Å²) in [5.74, 6) is 1.78. The molecule has 4 aromatic rings. The van der Waals surface area contributed by atoms with Crippen molar-refractivity contribution in [2.75, 3.05) is 41.7 Å². The van der Waals surface area contributed by atoms with E-state index in [9.17, 15) is 9.50 Å². The first-order valence-corrected chi connectivity index (χ1v) is 15.3. The lowest BCUT2D eigenvalue weighted by Gasteiger charge is -2.26. The smallest absolute Gasteiger partial charge is 0.202 e. The van der Waals surface area contributed by atoms with Crippen molar-refractivity contribution in [2.24, 2.45) is 5.41 Å². The summed E-state index contributed by atoms with van der Waals surface area (Å²) in [7, 11) is 0. The molecule has 0 saturated carbocycles. The van der Waals surface area contributed by atoms with Crippen molar-refractivity contribution in [1.29, 1.82) is 0 Å². The molecule has 218 valence electrons. The predicted octanol–water partition coefficient (Wildman–Crippen LogP) is 5.87. The molecule has 2 aromatic heterocycles. The second-order valence-electron chi connectivity index (χ2n) is 11.9. The van der Waals surface area contributed by atoms with E-state index in [-0.39, 0.29) is 17.2 Å². The largest absolute Gasteiger partial charge is 0.451 e. The molecule has 3 N–H and O–H groups in total. The van der Waals surface area contributed by atoms with Gasteiger partial charge in [0.25, 0.3) is 0 Å². The van der Waals surface area contributed by atoms with Gasteiger partial charge in [-0.15, -0.1) is 11.3 Å². The molecule has 1 spiro atoms. The van der Waals surface area contributed by atoms with Gasteiger partial charge in [-0.05, 0) is 61.2 Å². The Balaban J connectivity index is 1.08. The van der Waals surface area contributed by atoms with Crippen LogP contribution in [0.2, 0.25) is 0 Å². The number of anilines is 3. The van der Waals surface area contributed by atoms with Crippen molar-refractivity contribution in [1.82, 2.24) is 19.9 Å². The molecule has 0 radical (unpaired) electrons. The average Bonchev–Trinajstić information content (AvgIpc) is 3.77. The lowest BCUT2D eigenvalue weighted by atomic mass is 9.86. The zero-order chi connectivity index (χ0) is 28.8. The monoisotopic (exact) mass is 587 g/mol. The zero-order valence-corrected chi connectivity index (χ0v) is 24.5. The molecule has 0 aliphatic carbocycles. The Hall–Kier alpha value is -3.80. The number of nitrogens with one attached hydrogen (secondary N) is 2. The van der Waals surface area contributed by atoms with Crippen molar-refractivity contribution in [3.05, 3.63) is 70.7 Å². The molecule has 3 aliphatic rings. The minimum atomic E-state index is -0.732. The zero-order valence-electron chi connectivity index (χ0n) is 23.7. The number of benzene rings is 2. The number of aromatic nitrogens is 3. The van der Waals surface area contributed by atoms with E-state index in [2.05, 4.69) is 61.4 Å². The second-order valence-corrected chi connectivity index (χ2v) is 12.8. The summed E-state index contributed by atoms with van der Waals surface area (Å²) in [4.78, 5) is 19.4. The van der Waals surface area contributed by atoms with Gasteiger partial charge in [-0.25, -0.2) is 19.3 Å². The third-order valence-corrected chi connectivity index (χ3v) is 9.65. The molecule has 2 saturated heterocycles. The number of aliphatic hydroxyl groups excluding tert-OH is 1. The molecule has 11 heteroatoms. The molecule has 42 heavy (non-hydrogen) atoms. The van der Waals surface area contributed by atoms with E-state index in [1.54, 1.807) is 35.4 Å². The molecule has 2 unspecified atom stereocenters. The van der Waals surface area contributed by atoms with Crippen LogP contribution in [0.3, 0.4) is 0 Å². The Labute approximate surface area is 248 Å². The van der Waals surface area contributed by atoms with Crippen LogP contribution in [0.25, 0.3) is 11.3 Å². The quantitative estimate of drug-likeness (QED) is 0.245. The van der Waals surface area contributed by atoms with Gasteiger partial charge < -0.3 is 25.4 Å². The van der Waals surface area contributed by atoms with Crippen molar-refractivity contribution < 1.29 is 14.2 Å². The third kappa shape index (κ3) is 5.16. The highest BCUT2D eigenvalue weighted by Crippen LogP contribution is 2.45. The summed E-state index contributed by atoms with van der Waals surface area (Å²) in [6, 6.07) is 10.8. The minimum absolute atomic E-state index is 0.183. The van der Waals surface area contributed by atoms with Gasteiger partial charge in [-0.1, -0.05) is 19.9 Å². The van der Waals surface area contributed by atoms with Gasteiger partial charge in [0, 0.05) is 42.0 Å². The predicted molar refractivity (Wildman–Crippen MR) is 163 cm³/mol. The summed E-state index contributed by atoms with van der Waals surface area (Å²) < 4.78 is 20.9. The molecule has 0 amide bonds. The average molecular weight is 588 g/mol. The molecule has 2 atom stereocenters. The number of nitrogens with zero attached hydrogens (tertiary/aromatic N) is 5. The molecule has 0 bridgehead atoms. The molecular weight excluding hydrogens is 553 g/mol. The van der Waals surface area contributed by atoms with E-state index in [4.69, 9.17) is 4.74 Å². The van der Waals surface area contributed by atoms with E-state index in [0.29, 0.717) is 17.1 Å². The summed E-state index contributed by atoms with van der Waals surface area (Å²) in [6.07, 6.45) is 4.72. The van der Waals surface area contributed by atoms with Crippen molar-refractivity contribution in [2.45, 2.75) is 45.5 Å². The highest BCUT2D eigenvalue weighted by Gasteiger charge is 2.44. The summed E-state index contributed by atoms with van der Waals surface area (Å²) in [5.41, 5.74) is 6.46. The van der Waals surface area contributed by atoms with Gasteiger partial charge in [-0.2, -0.15) is 0 Å². The van der Waals surface area contributed by atoms with Crippen LogP contribution in [0.15, 0.2) is 54.4 Å². The number of ether oxygens (including phenoxy) is 1. The van der Waals surface area contributed by atoms with Crippen LogP contribution in [0.1, 0.15) is 43.0 Å². The summed E-state index contributed by atoms with van der Waals surface area (Å²) in [6.45, 7) is 8.91. The SMILES string of the molecule is CC(C)c1scnc1-c1cc(F)ccc1Oc1cncnc1N1CCC2(CCN(Cc3ccc4c(c3)NC(O)N4)C2)C1. The standard InChI is InChI=1S/C31H34FN7O2S/c1-19(2)28-27(35-18-42-28)22-12-21(32)4-6-25(22)41-26-13-33-17-34-29(26)39-10-8-31(16-39)7-9-38(15-31)14-20-3-5-23-24(11-20)37-30(40)36-23/h3-6,11-13,17-19,30,36-37,40H,7-10,14-16H2,1-2H3. The third-order valence-electron chi connectivity index (χ3n) is 8.52. The fraction of sp³-hybridized carbons (Fsp3) is 0.387. The Morgan fingerprint density at radius 2 is 1.93 bits per heavy atom. The number of fused-ring (bicyclic) bond motifs is 1. The first kappa shape index (κ1) is 27.1. The van der Waals surface area contributed by atoms with Crippen molar-refractivity contribution in [3.8, 4) is 22.8 Å². The number of thiazole rings is 1. The highest BCUT2D eigenvalue weighted by atomic mass is 32.1. The number of aliphatic hydroxyl groups is 1. The van der Waals surface area contributed by atoms with Gasteiger partial charge in [0.2, 0.25) is 6.35 Å². The Bertz CT molecular complexity index is 1610. The molecule has 3 aliphatic heterocycles. The van der Waals surface area contributed by atoms with Crippen LogP contribution >= 0.6 is 11.3 Å². The topological polar surface area (TPSA) is 98.7 Å². The summed E-state index contributed by atoms with van der Waals surface area (Å²) in [5, 5.41) is 15.9. The van der Waals surface area contributed by atoms with Crippen LogP contribution in [0.4, 0.5) is 21.6 Å². The second kappa shape index (κ2) is 10.8. The fourth-order valence-corrected chi connectivity index (χ4v) is 7.34. The van der Waals surface area contributed by atoms with Crippen molar-refractivity contribution in [3.63, 3.8) is 0 Å². The lowest BCUT2D eigenvalue weighted by molar-refractivity contribution is 0.238. The first-order chi connectivity index (χ1) is 20.4. The Morgan fingerprint density at radius 3 is 2.81 bits per heavy atom. The maximum absolute atomic E-state index is 14.4. The van der Waals surface area contributed by atoms with Gasteiger partial charge in [0.05, 0.1) is 28.8 Å². The first-order valence-electron chi connectivity index (χ1n) is 14.4. The molecule has 7 rings (SSSR count). The Kier molecular flexibility index (Phi) is 6.95. The van der Waals surface area contributed by atoms with Crippen LogP contribution in [-0.2, 0) is 6.54 Å². The minimum Gasteiger partial charge on any atom is -0.451 e. The normalized spacial score (nSPS) is 21.6. The molecule has 2 aromatic carbocycles. The molecular formula is C31H34FN7O2S. The van der Waals surface area contributed by atoms with Crippen LogP contribution in [0, 0.1) is 11.2 Å². The van der Waals surface area contributed by atoms with E-state index < -0.39 is 6.35 Å².